The minimum Gasteiger partial charge on any atom is -0.399 e. The van der Waals surface area contributed by atoms with Crippen molar-refractivity contribution < 1.29 is 0 Å². The van der Waals surface area contributed by atoms with Crippen LogP contribution in [0.1, 0.15) is 20.3 Å². The van der Waals surface area contributed by atoms with Crippen LogP contribution in [0.5, 0.6) is 0 Å². The maximum Gasteiger partial charge on any atom is 0.0270 e. The number of nitrogens with two attached hydrogens (primary N) is 1. The average molecular weight is 111 g/mol. The first-order chi connectivity index (χ1) is 3.81. The van der Waals surface area contributed by atoms with Crippen LogP contribution in [-0.4, -0.2) is 0 Å². The fourth-order valence-electron chi connectivity index (χ4n) is 0.496. The summed E-state index contributed by atoms with van der Waals surface area (Å²) in [6.07, 6.45) is 6.82. The summed E-state index contributed by atoms with van der Waals surface area (Å²) in [4.78, 5) is 0. The quantitative estimate of drug-likeness (QED) is 0.540. The zero-order valence-corrected chi connectivity index (χ0v) is 5.52. The van der Waals surface area contributed by atoms with E-state index in [1.165, 1.54) is 0 Å². The third kappa shape index (κ3) is 3.47. The molecule has 1 nitrogen and oxygen atoms in total. The third-order valence-electron chi connectivity index (χ3n) is 0.799. The molecule has 0 atom stereocenters. The second-order valence-electron chi connectivity index (χ2n) is 1.61. The van der Waals surface area contributed by atoms with Crippen LogP contribution in [0.15, 0.2) is 23.9 Å². The molecule has 0 bridgehead atoms. The highest BCUT2D eigenvalue weighted by atomic mass is 14.5. The number of hydrogen-bond acceptors (Lipinski definition) is 1. The average Bonchev–Trinajstić information content (AvgIpc) is 1.68. The zero-order chi connectivity index (χ0) is 6.41. The Morgan fingerprint density at radius 1 is 1.62 bits per heavy atom. The molecule has 0 aromatic carbocycles. The van der Waals surface area contributed by atoms with Gasteiger partial charge >= 0.3 is 0 Å². The molecule has 0 rings (SSSR count). The summed E-state index contributed by atoms with van der Waals surface area (Å²) in [5, 5.41) is 0. The molecule has 0 aromatic heterocycles. The van der Waals surface area contributed by atoms with Crippen molar-refractivity contribution in [2.45, 2.75) is 20.3 Å². The Morgan fingerprint density at radius 3 is 2.62 bits per heavy atom. The van der Waals surface area contributed by atoms with Crippen molar-refractivity contribution >= 4 is 0 Å². The summed E-state index contributed by atoms with van der Waals surface area (Å²) < 4.78 is 0. The Kier molecular flexibility index (Phi) is 4.04. The summed E-state index contributed by atoms with van der Waals surface area (Å²) >= 11 is 0. The lowest BCUT2D eigenvalue weighted by Gasteiger charge is -1.86. The van der Waals surface area contributed by atoms with Gasteiger partial charge in [-0.2, -0.15) is 0 Å². The van der Waals surface area contributed by atoms with E-state index in [1.54, 1.807) is 0 Å². The van der Waals surface area contributed by atoms with E-state index in [9.17, 15) is 0 Å². The molecular formula is C7H13N. The van der Waals surface area contributed by atoms with Crippen LogP contribution in [0, 0.1) is 0 Å². The highest BCUT2D eigenvalue weighted by molar-refractivity contribution is 5.13. The largest absolute Gasteiger partial charge is 0.399 e. The first-order valence-corrected chi connectivity index (χ1v) is 2.89. The van der Waals surface area contributed by atoms with E-state index in [1.807, 2.05) is 25.2 Å². The highest BCUT2D eigenvalue weighted by Crippen LogP contribution is 1.88. The molecule has 1 heteroatoms. The molecule has 0 aliphatic carbocycles. The third-order valence-corrected chi connectivity index (χ3v) is 0.799. The molecule has 0 heterocycles. The fraction of sp³-hybridized carbons (Fsp3) is 0.429. The van der Waals surface area contributed by atoms with Crippen LogP contribution in [0.4, 0.5) is 0 Å². The van der Waals surface area contributed by atoms with Gasteiger partial charge in [0, 0.05) is 5.70 Å². The van der Waals surface area contributed by atoms with Gasteiger partial charge in [-0.05, 0) is 19.4 Å². The van der Waals surface area contributed by atoms with Gasteiger partial charge in [-0.3, -0.25) is 0 Å². The minimum atomic E-state index is 0.856. The van der Waals surface area contributed by atoms with E-state index in [2.05, 4.69) is 6.92 Å². The predicted octanol–water partition coefficient (Wildman–Crippen LogP) is 1.82. The van der Waals surface area contributed by atoms with E-state index in [-0.39, 0.29) is 0 Å². The molecule has 0 saturated heterocycles. The first kappa shape index (κ1) is 7.28. The van der Waals surface area contributed by atoms with Crippen LogP contribution in [0.25, 0.3) is 0 Å². The lowest BCUT2D eigenvalue weighted by molar-refractivity contribution is 1.18. The Bertz CT molecular complexity index is 101. The molecule has 0 aliphatic rings. The monoisotopic (exact) mass is 111 g/mol. The molecule has 0 aliphatic heterocycles. The lowest BCUT2D eigenvalue weighted by Crippen LogP contribution is -1.90. The van der Waals surface area contributed by atoms with Crippen LogP contribution < -0.4 is 5.73 Å². The topological polar surface area (TPSA) is 26.0 Å². The summed E-state index contributed by atoms with van der Waals surface area (Å²) in [7, 11) is 0. The fourth-order valence-corrected chi connectivity index (χ4v) is 0.496. The summed E-state index contributed by atoms with van der Waals surface area (Å²) in [5.41, 5.74) is 6.33. The van der Waals surface area contributed by atoms with Crippen molar-refractivity contribution in [2.24, 2.45) is 5.73 Å². The maximum atomic E-state index is 5.47. The maximum absolute atomic E-state index is 5.47. The Morgan fingerprint density at radius 2 is 2.25 bits per heavy atom. The highest BCUT2D eigenvalue weighted by Gasteiger charge is 1.74. The number of hydrogen-bond donors (Lipinski definition) is 1. The summed E-state index contributed by atoms with van der Waals surface area (Å²) in [6, 6.07) is 0. The SMILES string of the molecule is C/C=C/C(N)=C/CC. The van der Waals surface area contributed by atoms with Crippen LogP contribution >= 0.6 is 0 Å². The molecule has 0 aromatic rings. The zero-order valence-electron chi connectivity index (χ0n) is 5.52. The van der Waals surface area contributed by atoms with Gasteiger partial charge in [0.1, 0.15) is 0 Å². The van der Waals surface area contributed by atoms with Crippen molar-refractivity contribution in [3.63, 3.8) is 0 Å². The lowest BCUT2D eigenvalue weighted by atomic mass is 10.3. The van der Waals surface area contributed by atoms with Gasteiger partial charge in [-0.25, -0.2) is 0 Å². The molecule has 46 valence electrons. The second-order valence-corrected chi connectivity index (χ2v) is 1.61. The smallest absolute Gasteiger partial charge is 0.0270 e. The molecule has 0 amide bonds. The molecule has 0 fully saturated rings. The van der Waals surface area contributed by atoms with Crippen molar-refractivity contribution in [1.29, 1.82) is 0 Å². The Balaban J connectivity index is 3.61. The van der Waals surface area contributed by atoms with Crippen molar-refractivity contribution in [3.05, 3.63) is 23.9 Å². The van der Waals surface area contributed by atoms with Gasteiger partial charge in [-0.1, -0.05) is 19.1 Å². The van der Waals surface area contributed by atoms with E-state index >= 15 is 0 Å². The Hall–Kier alpha value is -0.720. The van der Waals surface area contributed by atoms with Gasteiger partial charge in [-0.15, -0.1) is 0 Å². The molecule has 8 heavy (non-hydrogen) atoms. The van der Waals surface area contributed by atoms with Gasteiger partial charge in [0.05, 0.1) is 0 Å². The van der Waals surface area contributed by atoms with Crippen LogP contribution in [0.2, 0.25) is 0 Å². The van der Waals surface area contributed by atoms with Crippen molar-refractivity contribution in [1.82, 2.24) is 0 Å². The molecule has 0 radical (unpaired) electrons. The minimum absolute atomic E-state index is 0.856. The molecule has 0 unspecified atom stereocenters. The Labute approximate surface area is 50.9 Å². The van der Waals surface area contributed by atoms with E-state index in [0.717, 1.165) is 12.1 Å². The van der Waals surface area contributed by atoms with Gasteiger partial charge in [0.25, 0.3) is 0 Å². The van der Waals surface area contributed by atoms with Gasteiger partial charge < -0.3 is 5.73 Å². The standard InChI is InChI=1S/C7H13N/c1-3-5-7(8)6-4-2/h3,5-6H,4,8H2,1-2H3/b5-3+,7-6-. The van der Waals surface area contributed by atoms with Gasteiger partial charge in [0.15, 0.2) is 0 Å². The van der Waals surface area contributed by atoms with Crippen LogP contribution in [0.3, 0.4) is 0 Å². The molecule has 0 saturated carbocycles. The number of rotatable bonds is 2. The van der Waals surface area contributed by atoms with Gasteiger partial charge in [0.2, 0.25) is 0 Å². The molecule has 2 N–H and O–H groups in total. The molecular weight excluding hydrogens is 98.1 g/mol. The van der Waals surface area contributed by atoms with E-state index < -0.39 is 0 Å². The molecule has 0 spiro atoms. The normalized spacial score (nSPS) is 13.0. The van der Waals surface area contributed by atoms with Crippen molar-refractivity contribution in [2.75, 3.05) is 0 Å². The van der Waals surface area contributed by atoms with E-state index in [4.69, 9.17) is 5.73 Å². The van der Waals surface area contributed by atoms with E-state index in [0.29, 0.717) is 0 Å². The summed E-state index contributed by atoms with van der Waals surface area (Å²) in [6.45, 7) is 4.02. The summed E-state index contributed by atoms with van der Waals surface area (Å²) in [5.74, 6) is 0. The number of allylic oxidation sites excluding steroid dienone is 3. The predicted molar refractivity (Wildman–Crippen MR) is 37.4 cm³/mol. The first-order valence-electron chi connectivity index (χ1n) is 2.89. The van der Waals surface area contributed by atoms with Crippen molar-refractivity contribution in [3.8, 4) is 0 Å². The second kappa shape index (κ2) is 4.44. The van der Waals surface area contributed by atoms with Crippen LogP contribution in [-0.2, 0) is 0 Å².